The van der Waals surface area contributed by atoms with Crippen LogP contribution in [0.15, 0.2) is 22.7 Å². The van der Waals surface area contributed by atoms with Gasteiger partial charge in [-0.3, -0.25) is 9.69 Å². The van der Waals surface area contributed by atoms with Crippen molar-refractivity contribution in [2.75, 3.05) is 5.75 Å². The maximum atomic E-state index is 11.4. The fourth-order valence-corrected chi connectivity index (χ4v) is 1.73. The lowest BCUT2D eigenvalue weighted by Gasteiger charge is -2.20. The van der Waals surface area contributed by atoms with Gasteiger partial charge in [0.2, 0.25) is 5.91 Å². The summed E-state index contributed by atoms with van der Waals surface area (Å²) in [4.78, 5) is 23.3. The third-order valence-electron chi connectivity index (χ3n) is 1.54. The first-order valence-corrected chi connectivity index (χ1v) is 5.43. The number of carbonyl (C=O) groups is 2. The summed E-state index contributed by atoms with van der Waals surface area (Å²) in [6.45, 7) is 0. The molecule has 14 heavy (non-hydrogen) atoms. The number of aliphatic carboxylic acids is 1. The molecule has 0 aromatic heterocycles. The number of thioether (sulfide) groups is 1. The highest BCUT2D eigenvalue weighted by atomic mass is 32.2. The van der Waals surface area contributed by atoms with E-state index < -0.39 is 5.97 Å². The summed E-state index contributed by atoms with van der Waals surface area (Å²) < 4.78 is 0. The standard InChI is InChI=1S/C8H9NO3S2/c10-7(1-3-13)9-2-4-14-5-6(9)8(11)12/h2,4-5,13H,1,3H2,(H,11,12). The van der Waals surface area contributed by atoms with Crippen LogP contribution in [-0.4, -0.2) is 27.6 Å². The summed E-state index contributed by atoms with van der Waals surface area (Å²) in [6, 6.07) is 0. The largest absolute Gasteiger partial charge is 0.477 e. The second-order valence-corrected chi connectivity index (χ2v) is 3.69. The van der Waals surface area contributed by atoms with E-state index in [1.807, 2.05) is 0 Å². The fraction of sp³-hybridized carbons (Fsp3) is 0.250. The SMILES string of the molecule is O=C(O)C1=CSC=CN1C(=O)CCS. The van der Waals surface area contributed by atoms with Crippen molar-refractivity contribution >= 4 is 36.3 Å². The monoisotopic (exact) mass is 231 g/mol. The van der Waals surface area contributed by atoms with Crippen LogP contribution in [0.1, 0.15) is 6.42 Å². The van der Waals surface area contributed by atoms with Gasteiger partial charge >= 0.3 is 5.97 Å². The summed E-state index contributed by atoms with van der Waals surface area (Å²) in [7, 11) is 0. The minimum absolute atomic E-state index is 0.00992. The Morgan fingerprint density at radius 3 is 2.86 bits per heavy atom. The van der Waals surface area contributed by atoms with Gasteiger partial charge in [0.25, 0.3) is 0 Å². The van der Waals surface area contributed by atoms with Crippen LogP contribution in [0.4, 0.5) is 0 Å². The van der Waals surface area contributed by atoms with E-state index in [1.165, 1.54) is 23.4 Å². The lowest BCUT2D eigenvalue weighted by molar-refractivity contribution is -0.138. The van der Waals surface area contributed by atoms with E-state index in [9.17, 15) is 9.59 Å². The minimum atomic E-state index is -1.10. The van der Waals surface area contributed by atoms with Crippen LogP contribution in [0.2, 0.25) is 0 Å². The normalized spacial score (nSPS) is 15.2. The average molecular weight is 231 g/mol. The van der Waals surface area contributed by atoms with Gasteiger partial charge in [0.05, 0.1) is 0 Å². The molecule has 76 valence electrons. The number of carbonyl (C=O) groups excluding carboxylic acids is 1. The molecule has 0 aliphatic carbocycles. The van der Waals surface area contributed by atoms with Crippen LogP contribution in [0.3, 0.4) is 0 Å². The predicted molar refractivity (Wildman–Crippen MR) is 57.8 cm³/mol. The first kappa shape index (κ1) is 11.2. The molecule has 4 nitrogen and oxygen atoms in total. The highest BCUT2D eigenvalue weighted by molar-refractivity contribution is 8.05. The molecule has 0 unspecified atom stereocenters. The van der Waals surface area contributed by atoms with Crippen LogP contribution >= 0.6 is 24.4 Å². The van der Waals surface area contributed by atoms with E-state index in [2.05, 4.69) is 12.6 Å². The van der Waals surface area contributed by atoms with Gasteiger partial charge < -0.3 is 5.11 Å². The molecule has 1 aliphatic heterocycles. The molecule has 1 aliphatic rings. The topological polar surface area (TPSA) is 57.6 Å². The van der Waals surface area contributed by atoms with Crippen LogP contribution in [0, 0.1) is 0 Å². The molecule has 1 rings (SSSR count). The molecular weight excluding hydrogens is 222 g/mol. The van der Waals surface area contributed by atoms with Gasteiger partial charge in [0.1, 0.15) is 5.70 Å². The van der Waals surface area contributed by atoms with Crippen molar-refractivity contribution in [3.05, 3.63) is 22.7 Å². The second kappa shape index (κ2) is 5.11. The Kier molecular flexibility index (Phi) is 4.09. The number of hydrogen-bond acceptors (Lipinski definition) is 4. The van der Waals surface area contributed by atoms with Crippen LogP contribution in [-0.2, 0) is 9.59 Å². The molecule has 0 aromatic carbocycles. The molecule has 0 aromatic rings. The number of nitrogens with zero attached hydrogens (tertiary/aromatic N) is 1. The molecule has 1 heterocycles. The van der Waals surface area contributed by atoms with Gasteiger partial charge in [-0.25, -0.2) is 4.79 Å². The summed E-state index contributed by atoms with van der Waals surface area (Å²) in [6.07, 6.45) is 1.68. The maximum Gasteiger partial charge on any atom is 0.353 e. The van der Waals surface area contributed by atoms with Crippen molar-refractivity contribution in [2.24, 2.45) is 0 Å². The Bertz CT molecular complexity index is 312. The number of hydrogen-bond donors (Lipinski definition) is 2. The van der Waals surface area contributed by atoms with Crippen LogP contribution in [0.25, 0.3) is 0 Å². The molecular formula is C8H9NO3S2. The third kappa shape index (κ3) is 2.55. The van der Waals surface area contributed by atoms with E-state index in [-0.39, 0.29) is 18.0 Å². The quantitative estimate of drug-likeness (QED) is 0.718. The Balaban J connectivity index is 2.79. The zero-order valence-corrected chi connectivity index (χ0v) is 8.92. The van der Waals surface area contributed by atoms with Crippen molar-refractivity contribution in [1.82, 2.24) is 4.90 Å². The Morgan fingerprint density at radius 2 is 2.29 bits per heavy atom. The fourth-order valence-electron chi connectivity index (χ4n) is 0.924. The lowest BCUT2D eigenvalue weighted by atomic mass is 10.3. The summed E-state index contributed by atoms with van der Waals surface area (Å²) in [5.74, 6) is -0.956. The predicted octanol–water partition coefficient (Wildman–Crippen LogP) is 1.28. The zero-order valence-electron chi connectivity index (χ0n) is 7.21. The first-order valence-electron chi connectivity index (χ1n) is 3.85. The number of carboxylic acids is 1. The number of carboxylic acid groups (broad SMARTS) is 1. The minimum Gasteiger partial charge on any atom is -0.477 e. The van der Waals surface area contributed by atoms with Crippen molar-refractivity contribution < 1.29 is 14.7 Å². The van der Waals surface area contributed by atoms with Gasteiger partial charge in [0, 0.05) is 18.0 Å². The summed E-state index contributed by atoms with van der Waals surface area (Å²) in [5.41, 5.74) is -0.00992. The molecule has 1 amide bonds. The van der Waals surface area contributed by atoms with E-state index in [0.717, 1.165) is 4.90 Å². The van der Waals surface area contributed by atoms with E-state index in [1.54, 1.807) is 5.41 Å². The first-order chi connectivity index (χ1) is 6.66. The Hall–Kier alpha value is -0.880. The van der Waals surface area contributed by atoms with Gasteiger partial charge in [0.15, 0.2) is 0 Å². The number of amides is 1. The van der Waals surface area contributed by atoms with Crippen LogP contribution in [0.5, 0.6) is 0 Å². The van der Waals surface area contributed by atoms with Crippen molar-refractivity contribution in [3.63, 3.8) is 0 Å². The number of rotatable bonds is 3. The summed E-state index contributed by atoms with van der Waals surface area (Å²) >= 11 is 5.15. The molecule has 1 N–H and O–H groups in total. The van der Waals surface area contributed by atoms with Gasteiger partial charge in [-0.1, -0.05) is 0 Å². The lowest BCUT2D eigenvalue weighted by Crippen LogP contribution is -2.29. The Morgan fingerprint density at radius 1 is 1.57 bits per heavy atom. The van der Waals surface area contributed by atoms with E-state index in [0.29, 0.717) is 5.75 Å². The average Bonchev–Trinajstić information content (AvgIpc) is 2.18. The van der Waals surface area contributed by atoms with Crippen molar-refractivity contribution in [1.29, 1.82) is 0 Å². The molecule has 0 radical (unpaired) electrons. The third-order valence-corrected chi connectivity index (χ3v) is 2.40. The van der Waals surface area contributed by atoms with Gasteiger partial charge in [-0.15, -0.1) is 11.8 Å². The number of thiol groups is 1. The smallest absolute Gasteiger partial charge is 0.353 e. The van der Waals surface area contributed by atoms with E-state index >= 15 is 0 Å². The highest BCUT2D eigenvalue weighted by Gasteiger charge is 2.22. The van der Waals surface area contributed by atoms with Crippen LogP contribution < -0.4 is 0 Å². The van der Waals surface area contributed by atoms with E-state index in [4.69, 9.17) is 5.11 Å². The second-order valence-electron chi connectivity index (χ2n) is 2.47. The molecule has 0 fully saturated rings. The van der Waals surface area contributed by atoms with Crippen molar-refractivity contribution in [3.8, 4) is 0 Å². The molecule has 0 spiro atoms. The summed E-state index contributed by atoms with van der Waals surface area (Å²) in [5, 5.41) is 11.9. The highest BCUT2D eigenvalue weighted by Crippen LogP contribution is 2.20. The molecule has 0 atom stereocenters. The molecule has 6 heteroatoms. The molecule has 0 bridgehead atoms. The van der Waals surface area contributed by atoms with Gasteiger partial charge in [-0.2, -0.15) is 12.6 Å². The molecule has 0 saturated carbocycles. The molecule has 0 saturated heterocycles. The Labute approximate surface area is 91.1 Å². The maximum absolute atomic E-state index is 11.4. The zero-order chi connectivity index (χ0) is 10.6. The van der Waals surface area contributed by atoms with Gasteiger partial charge in [-0.05, 0) is 11.2 Å². The van der Waals surface area contributed by atoms with Crippen molar-refractivity contribution in [2.45, 2.75) is 6.42 Å².